The highest BCUT2D eigenvalue weighted by molar-refractivity contribution is 6.31. The van der Waals surface area contributed by atoms with E-state index in [1.54, 1.807) is 30.9 Å². The molecule has 9 aromatic rings. The molecular formula is C86H82Cl4F6N10O16. The summed E-state index contributed by atoms with van der Waals surface area (Å²) in [6.45, 7) is 1.78. The third kappa shape index (κ3) is 19.1. The van der Waals surface area contributed by atoms with Gasteiger partial charge in [0, 0.05) is 121 Å². The number of fused-ring (bicyclic) bond motifs is 1. The van der Waals surface area contributed by atoms with Gasteiger partial charge in [-0.1, -0.05) is 46.4 Å². The summed E-state index contributed by atoms with van der Waals surface area (Å²) >= 11 is 22.5. The van der Waals surface area contributed by atoms with Crippen molar-refractivity contribution in [1.82, 2.24) is 51.2 Å². The molecule has 4 aromatic carbocycles. The smallest absolute Gasteiger partial charge is 0.286 e. The lowest BCUT2D eigenvalue weighted by Crippen LogP contribution is -2.75. The molecule has 0 aliphatic heterocycles. The number of ketones is 4. The minimum atomic E-state index is -3.08. The zero-order valence-corrected chi connectivity index (χ0v) is 69.7. The fourth-order valence-electron chi connectivity index (χ4n) is 18.9. The van der Waals surface area contributed by atoms with E-state index in [4.69, 9.17) is 84.0 Å². The SMILES string of the molecule is COc1cc(C(=O)CC23CC(NC(=O)COc4ccc(Cl)c(F)c4)(C2)C3)c(OC)nn1.COc1cncc(C(=O)CC23CC(NC(=O)COc4ccc(Cl)c(F)c4)(C2)C3)c1.Cc1coc2ncc(C(=O)CC34CC(NC(=O)COc5ccc(Cl)c(F)c5)(C3)C4)cc12.Cn1nc(C(=O)CC23CC(NC(=O)COc4ccc(Cl)c(F)c4)(C2)C3)cc1C(C)(F)F. The van der Waals surface area contributed by atoms with Crippen molar-refractivity contribution < 1.29 is 102 Å². The van der Waals surface area contributed by atoms with Gasteiger partial charge in [0.25, 0.3) is 29.6 Å². The van der Waals surface area contributed by atoms with E-state index in [1.807, 2.05) is 13.0 Å². The Morgan fingerprint density at radius 3 is 1.20 bits per heavy atom. The summed E-state index contributed by atoms with van der Waals surface area (Å²) < 4.78 is 124. The predicted octanol–water partition coefficient (Wildman–Crippen LogP) is 15.2. The molecule has 0 saturated heterocycles. The van der Waals surface area contributed by atoms with Crippen LogP contribution in [0.4, 0.5) is 26.3 Å². The minimum absolute atomic E-state index is 0.000223. The zero-order chi connectivity index (χ0) is 87.3. The van der Waals surface area contributed by atoms with Crippen molar-refractivity contribution in [3.8, 4) is 40.5 Å². The number of benzene rings is 4. The van der Waals surface area contributed by atoms with Crippen molar-refractivity contribution in [2.45, 2.75) is 145 Å². The van der Waals surface area contributed by atoms with Crippen LogP contribution < -0.4 is 54.4 Å². The first-order valence-electron chi connectivity index (χ1n) is 38.7. The van der Waals surface area contributed by atoms with E-state index in [0.29, 0.717) is 85.9 Å². The first-order chi connectivity index (χ1) is 57.8. The van der Waals surface area contributed by atoms with Gasteiger partial charge in [0.2, 0.25) is 17.5 Å². The number of pyridine rings is 2. The number of hydrogen-bond acceptors (Lipinski definition) is 21. The van der Waals surface area contributed by atoms with Gasteiger partial charge in [0.15, 0.2) is 49.6 Å². The molecule has 12 saturated carbocycles. The van der Waals surface area contributed by atoms with Gasteiger partial charge in [-0.25, -0.2) is 22.5 Å². The molecule has 0 spiro atoms. The van der Waals surface area contributed by atoms with Crippen molar-refractivity contribution >= 4 is 104 Å². The number of nitrogens with one attached hydrogen (secondary N) is 4. The third-order valence-corrected chi connectivity index (χ3v) is 24.9. The van der Waals surface area contributed by atoms with Crippen molar-refractivity contribution in [2.24, 2.45) is 28.7 Å². The number of alkyl halides is 2. The van der Waals surface area contributed by atoms with Crippen LogP contribution >= 0.6 is 46.4 Å². The molecule has 12 aliphatic rings. The Morgan fingerprint density at radius 2 is 0.844 bits per heavy atom. The molecule has 122 heavy (non-hydrogen) atoms. The summed E-state index contributed by atoms with van der Waals surface area (Å²) in [4.78, 5) is 108. The number of aryl methyl sites for hydroxylation is 2. The molecule has 12 fully saturated rings. The Kier molecular flexibility index (Phi) is 24.3. The lowest BCUT2D eigenvalue weighted by atomic mass is 9.38. The van der Waals surface area contributed by atoms with E-state index in [1.165, 1.54) is 83.0 Å². The van der Waals surface area contributed by atoms with Crippen LogP contribution in [0.5, 0.6) is 40.5 Å². The quantitative estimate of drug-likeness (QED) is 0.0225. The Hall–Kier alpha value is -11.1. The van der Waals surface area contributed by atoms with Crippen molar-refractivity contribution in [1.29, 1.82) is 0 Å². The standard InChI is InChI=1S/C23H20ClFN2O4.C21H21ClF3N3O3.C21H21ClFN3O5.C21H20ClFN2O4/c1-13-8-31-21-16(13)4-14(7-26-21)19(28)6-22-10-23(11-22,12-22)27-20(29)9-30-15-2-3-17(24)18(25)5-15;1-19(24,25)17-6-15(27-28(17)2)16(29)7-20-9-21(10-20,11-20)26-18(30)8-31-12-3-4-13(22)14(23)5-12;1-29-18-6-13(19(30-2)26-25-18)16(27)7-20-9-21(10-20,11-20)24-17(28)8-31-12-3-4-14(22)15(23)5-12;1-28-15-4-13(7-24-8-15)18(26)6-20-10-21(11-20,12-20)25-19(27)9-29-14-2-3-16(22)17(23)5-14/h2-5,7-8H,6,9-12H2,1H3,(H,27,29);3-6H,7-11H2,1-2H3,(H,26,30);3-6H,7-11H2,1-2H3,(H,24,28);2-5,7-8H,6,9-12H2,1H3,(H,25,27). The monoisotopic (exact) mass is 1760 g/mol. The number of hydrogen-bond donors (Lipinski definition) is 4. The number of Topliss-reactive ketones (excluding diaryl/α,β-unsaturated/α-hetero) is 4. The normalized spacial score (nSPS) is 23.8. The third-order valence-electron chi connectivity index (χ3n) is 23.6. The van der Waals surface area contributed by atoms with E-state index >= 15 is 0 Å². The predicted molar refractivity (Wildman–Crippen MR) is 429 cm³/mol. The van der Waals surface area contributed by atoms with Gasteiger partial charge in [0.1, 0.15) is 63.4 Å². The van der Waals surface area contributed by atoms with Gasteiger partial charge >= 0.3 is 0 Å². The average Bonchev–Trinajstić information content (AvgIpc) is 0.869. The van der Waals surface area contributed by atoms with E-state index in [-0.39, 0.29) is 190 Å². The van der Waals surface area contributed by atoms with Crippen LogP contribution in [0, 0.1) is 51.9 Å². The number of aromatic nitrogens is 6. The number of furan rings is 1. The number of halogens is 10. The molecule has 4 amide bonds. The second-order valence-electron chi connectivity index (χ2n) is 33.6. The van der Waals surface area contributed by atoms with Crippen LogP contribution in [0.2, 0.25) is 20.1 Å². The Balaban J connectivity index is 0.000000133. The van der Waals surface area contributed by atoms with Gasteiger partial charge in [-0.3, -0.25) is 48.0 Å². The molecule has 0 radical (unpaired) electrons. The van der Waals surface area contributed by atoms with Crippen LogP contribution in [0.1, 0.15) is 162 Å². The van der Waals surface area contributed by atoms with Crippen molar-refractivity contribution in [3.63, 3.8) is 0 Å². The van der Waals surface area contributed by atoms with Gasteiger partial charge in [-0.2, -0.15) is 13.9 Å². The maximum Gasteiger partial charge on any atom is 0.286 e. The summed E-state index contributed by atoms with van der Waals surface area (Å²) in [5.41, 5.74) is 1.04. The Labute approximate surface area is 714 Å². The molecular weight excluding hydrogens is 1680 g/mol. The highest BCUT2D eigenvalue weighted by atomic mass is 35.5. The zero-order valence-electron chi connectivity index (χ0n) is 66.7. The minimum Gasteiger partial charge on any atom is -0.495 e. The number of carbonyl (C=O) groups is 8. The van der Waals surface area contributed by atoms with Crippen LogP contribution in [-0.4, -0.2) is 147 Å². The number of nitrogens with zero attached hydrogens (tertiary/aromatic N) is 6. The number of carbonyl (C=O) groups excluding carboxylic acids is 8. The highest BCUT2D eigenvalue weighted by Crippen LogP contribution is 2.72. The molecule has 0 unspecified atom stereocenters. The highest BCUT2D eigenvalue weighted by Gasteiger charge is 2.71. The van der Waals surface area contributed by atoms with Crippen LogP contribution in [0.15, 0.2) is 126 Å². The summed E-state index contributed by atoms with van der Waals surface area (Å²) in [5, 5.41) is 24.3. The van der Waals surface area contributed by atoms with Crippen LogP contribution in [0.25, 0.3) is 11.1 Å². The maximum atomic E-state index is 13.5. The topological polar surface area (TPSA) is 332 Å². The molecule has 4 N–H and O–H groups in total. The molecule has 26 nitrogen and oxygen atoms in total. The van der Waals surface area contributed by atoms with Gasteiger partial charge in [-0.15, -0.1) is 10.2 Å². The number of methoxy groups -OCH3 is 3. The van der Waals surface area contributed by atoms with E-state index in [0.717, 1.165) is 91.4 Å². The molecule has 5 aromatic heterocycles. The first kappa shape index (κ1) is 87.3. The Bertz CT molecular complexity index is 5590. The summed E-state index contributed by atoms with van der Waals surface area (Å²) in [5.74, 6) is -5.08. The summed E-state index contributed by atoms with van der Waals surface area (Å²) in [6, 6.07) is 22.2. The van der Waals surface area contributed by atoms with E-state index in [2.05, 4.69) is 46.5 Å². The number of rotatable bonds is 32. The van der Waals surface area contributed by atoms with Crippen LogP contribution in [-0.2, 0) is 32.1 Å². The summed E-state index contributed by atoms with van der Waals surface area (Å²) in [6.07, 6.45) is 16.4. The second kappa shape index (κ2) is 34.0. The van der Waals surface area contributed by atoms with Crippen molar-refractivity contribution in [2.75, 3.05) is 47.8 Å². The molecule has 642 valence electrons. The van der Waals surface area contributed by atoms with E-state index < -0.39 is 29.2 Å². The maximum absolute atomic E-state index is 13.5. The largest absolute Gasteiger partial charge is 0.495 e. The Morgan fingerprint density at radius 1 is 0.467 bits per heavy atom. The molecule has 21 rings (SSSR count). The lowest BCUT2D eigenvalue weighted by molar-refractivity contribution is -0.165. The summed E-state index contributed by atoms with van der Waals surface area (Å²) in [7, 11) is 5.80. The fourth-order valence-corrected chi connectivity index (χ4v) is 19.4. The molecule has 8 bridgehead atoms. The molecule has 12 aliphatic carbocycles. The van der Waals surface area contributed by atoms with Crippen molar-refractivity contribution in [3.05, 3.63) is 199 Å². The number of ether oxygens (including phenoxy) is 7. The fraction of sp³-hybridized carbons (Fsp3) is 0.407. The number of amides is 4. The lowest BCUT2D eigenvalue weighted by Gasteiger charge is -2.70. The van der Waals surface area contributed by atoms with Gasteiger partial charge in [-0.05, 0) is 178 Å². The average molecular weight is 1770 g/mol. The molecule has 5 heterocycles. The van der Waals surface area contributed by atoms with Crippen LogP contribution in [0.3, 0.4) is 0 Å². The van der Waals surface area contributed by atoms with E-state index in [9.17, 15) is 64.7 Å². The second-order valence-corrected chi connectivity index (χ2v) is 35.3. The molecule has 0 atom stereocenters. The van der Waals surface area contributed by atoms with Gasteiger partial charge in [0.05, 0.1) is 59.4 Å². The molecule has 36 heteroatoms. The first-order valence-corrected chi connectivity index (χ1v) is 40.2. The van der Waals surface area contributed by atoms with Gasteiger partial charge < -0.3 is 58.8 Å².